The number of aromatic nitrogens is 2. The van der Waals surface area contributed by atoms with E-state index in [-0.39, 0.29) is 24.1 Å². The molecule has 4 heterocycles. The van der Waals surface area contributed by atoms with E-state index in [1.165, 1.54) is 0 Å². The minimum atomic E-state index is -0.110. The highest BCUT2D eigenvalue weighted by atomic mass is 32.1. The van der Waals surface area contributed by atoms with Crippen LogP contribution in [0.2, 0.25) is 0 Å². The van der Waals surface area contributed by atoms with Crippen molar-refractivity contribution in [1.29, 1.82) is 0 Å². The first-order chi connectivity index (χ1) is 17.1. The first kappa shape index (κ1) is 23.5. The number of benzene rings is 1. The van der Waals surface area contributed by atoms with Gasteiger partial charge in [0.25, 0.3) is 0 Å². The fraction of sp³-hybridized carbons (Fsp3) is 0.370. The van der Waals surface area contributed by atoms with Gasteiger partial charge in [-0.15, -0.1) is 0 Å². The first-order valence-corrected chi connectivity index (χ1v) is 12.6. The zero-order valence-electron chi connectivity index (χ0n) is 19.9. The molecule has 3 atom stereocenters. The number of anilines is 1. The van der Waals surface area contributed by atoms with E-state index in [9.17, 15) is 4.79 Å². The van der Waals surface area contributed by atoms with E-state index in [0.717, 1.165) is 48.6 Å². The van der Waals surface area contributed by atoms with Crippen molar-refractivity contribution in [2.75, 3.05) is 18.5 Å². The van der Waals surface area contributed by atoms with Crippen LogP contribution in [-0.2, 0) is 16.1 Å². The number of hydrogen-bond acceptors (Lipinski definition) is 4. The molecule has 5 rings (SSSR count). The minimum Gasteiger partial charge on any atom is -0.376 e. The maximum atomic E-state index is 12.8. The molecular formula is C27H31N5O2S. The summed E-state index contributed by atoms with van der Waals surface area (Å²) >= 11 is 5.78. The van der Waals surface area contributed by atoms with Crippen LogP contribution in [0.25, 0.3) is 0 Å². The lowest BCUT2D eigenvalue weighted by Crippen LogP contribution is -2.33. The van der Waals surface area contributed by atoms with Crippen molar-refractivity contribution >= 4 is 28.9 Å². The number of nitrogens with one attached hydrogen (secondary N) is 2. The third-order valence-corrected chi connectivity index (χ3v) is 7.14. The molecule has 2 aliphatic heterocycles. The van der Waals surface area contributed by atoms with E-state index in [2.05, 4.69) is 43.4 Å². The van der Waals surface area contributed by atoms with Crippen molar-refractivity contribution in [2.24, 2.45) is 0 Å². The van der Waals surface area contributed by atoms with Gasteiger partial charge in [0.05, 0.1) is 23.9 Å². The van der Waals surface area contributed by atoms with Crippen molar-refractivity contribution in [3.05, 3.63) is 83.9 Å². The highest BCUT2D eigenvalue weighted by Crippen LogP contribution is 2.39. The summed E-state index contributed by atoms with van der Waals surface area (Å²) in [7, 11) is 0. The molecule has 35 heavy (non-hydrogen) atoms. The van der Waals surface area contributed by atoms with Crippen molar-refractivity contribution in [2.45, 2.75) is 50.9 Å². The Morgan fingerprint density at radius 3 is 2.83 bits per heavy atom. The molecule has 3 aromatic rings. The molecule has 2 aromatic heterocycles. The van der Waals surface area contributed by atoms with E-state index in [1.807, 2.05) is 49.4 Å². The Kier molecular flexibility index (Phi) is 7.11. The normalized spacial score (nSPS) is 21.8. The number of para-hydroxylation sites is 1. The SMILES string of the molecule is Cc1ccccc1NC(=O)CCN1C(=S)N[C@H](c2ccccn2)[C@@H]1c1cccn1C[C@H]1CCCO1. The molecule has 0 spiro atoms. The Morgan fingerprint density at radius 2 is 2.06 bits per heavy atom. The molecule has 2 N–H and O–H groups in total. The number of ether oxygens (including phenoxy) is 1. The van der Waals surface area contributed by atoms with Gasteiger partial charge in [-0.25, -0.2) is 0 Å². The van der Waals surface area contributed by atoms with Crippen LogP contribution >= 0.6 is 12.2 Å². The zero-order valence-corrected chi connectivity index (χ0v) is 20.7. The lowest BCUT2D eigenvalue weighted by atomic mass is 10.0. The summed E-state index contributed by atoms with van der Waals surface area (Å²) in [5.74, 6) is -0.0307. The van der Waals surface area contributed by atoms with Crippen LogP contribution in [0.3, 0.4) is 0 Å². The second-order valence-corrected chi connectivity index (χ2v) is 9.54. The largest absolute Gasteiger partial charge is 0.376 e. The maximum absolute atomic E-state index is 12.8. The number of hydrogen-bond donors (Lipinski definition) is 2. The van der Waals surface area contributed by atoms with Gasteiger partial charge in [0.15, 0.2) is 5.11 Å². The monoisotopic (exact) mass is 489 g/mol. The fourth-order valence-electron chi connectivity index (χ4n) is 4.99. The van der Waals surface area contributed by atoms with E-state index in [1.54, 1.807) is 6.20 Å². The molecule has 0 saturated carbocycles. The van der Waals surface area contributed by atoms with Crippen LogP contribution in [-0.4, -0.2) is 44.7 Å². The van der Waals surface area contributed by atoms with Crippen molar-refractivity contribution in [3.8, 4) is 0 Å². The third-order valence-electron chi connectivity index (χ3n) is 6.79. The summed E-state index contributed by atoms with van der Waals surface area (Å²) in [5.41, 5.74) is 3.95. The lowest BCUT2D eigenvalue weighted by Gasteiger charge is -2.29. The molecule has 1 aromatic carbocycles. The Labute approximate surface area is 211 Å². The van der Waals surface area contributed by atoms with E-state index < -0.39 is 0 Å². The van der Waals surface area contributed by atoms with Crippen molar-refractivity contribution < 1.29 is 9.53 Å². The fourth-order valence-corrected chi connectivity index (χ4v) is 5.32. The molecule has 1 amide bonds. The van der Waals surface area contributed by atoms with Crippen LogP contribution in [0, 0.1) is 6.92 Å². The average molecular weight is 490 g/mol. The van der Waals surface area contributed by atoms with Crippen LogP contribution in [0.1, 0.15) is 48.3 Å². The summed E-state index contributed by atoms with van der Waals surface area (Å²) in [6, 6.07) is 17.8. The molecule has 0 bridgehead atoms. The van der Waals surface area contributed by atoms with Gasteiger partial charge in [-0.1, -0.05) is 24.3 Å². The van der Waals surface area contributed by atoms with Crippen molar-refractivity contribution in [1.82, 2.24) is 19.8 Å². The molecule has 182 valence electrons. The second-order valence-electron chi connectivity index (χ2n) is 9.15. The summed E-state index contributed by atoms with van der Waals surface area (Å²) in [5, 5.41) is 7.16. The van der Waals surface area contributed by atoms with E-state index in [0.29, 0.717) is 18.1 Å². The van der Waals surface area contributed by atoms with Gasteiger partial charge in [-0.05, 0) is 67.9 Å². The standard InChI is InChI=1S/C27H31N5O2S/c1-19-8-2-3-10-21(19)29-24(33)13-16-32-26(25(30-27(32)35)22-11-4-5-14-28-22)23-12-6-15-31(23)18-20-9-7-17-34-20/h2-6,8,10-12,14-15,20,25-26H,7,9,13,16-18H2,1H3,(H,29,33)(H,30,35)/t20-,25-,26+/m1/s1. The highest BCUT2D eigenvalue weighted by molar-refractivity contribution is 7.80. The summed E-state index contributed by atoms with van der Waals surface area (Å²) in [6.45, 7) is 4.13. The van der Waals surface area contributed by atoms with Crippen LogP contribution in [0.4, 0.5) is 5.69 Å². The van der Waals surface area contributed by atoms with Crippen LogP contribution < -0.4 is 10.6 Å². The minimum absolute atomic E-state index is 0.0307. The third kappa shape index (κ3) is 5.23. The summed E-state index contributed by atoms with van der Waals surface area (Å²) in [6.07, 6.45) is 6.65. The predicted molar refractivity (Wildman–Crippen MR) is 140 cm³/mol. The number of rotatable bonds is 8. The number of amides is 1. The van der Waals surface area contributed by atoms with Gasteiger partial charge >= 0.3 is 0 Å². The van der Waals surface area contributed by atoms with Gasteiger partial charge in [0, 0.05) is 49.9 Å². The van der Waals surface area contributed by atoms with Gasteiger partial charge in [0.1, 0.15) is 0 Å². The number of thiocarbonyl (C=S) groups is 1. The molecule has 7 nitrogen and oxygen atoms in total. The smallest absolute Gasteiger partial charge is 0.226 e. The molecule has 0 radical (unpaired) electrons. The Bertz CT molecular complexity index is 1180. The quantitative estimate of drug-likeness (QED) is 0.458. The first-order valence-electron chi connectivity index (χ1n) is 12.2. The number of pyridine rings is 1. The molecular weight excluding hydrogens is 458 g/mol. The Balaban J connectivity index is 1.38. The molecule has 2 aliphatic rings. The van der Waals surface area contributed by atoms with Gasteiger partial charge in [0.2, 0.25) is 5.91 Å². The molecule has 2 fully saturated rings. The van der Waals surface area contributed by atoms with Gasteiger partial charge in [-0.3, -0.25) is 9.78 Å². The van der Waals surface area contributed by atoms with Gasteiger partial charge in [-0.2, -0.15) is 0 Å². The van der Waals surface area contributed by atoms with Crippen LogP contribution in [0.15, 0.2) is 67.0 Å². The topological polar surface area (TPSA) is 71.4 Å². The molecule has 2 saturated heterocycles. The number of nitrogens with zero attached hydrogens (tertiary/aromatic N) is 3. The van der Waals surface area contributed by atoms with Gasteiger partial charge < -0.3 is 24.8 Å². The number of carbonyl (C=O) groups is 1. The Morgan fingerprint density at radius 1 is 1.20 bits per heavy atom. The summed E-state index contributed by atoms with van der Waals surface area (Å²) in [4.78, 5) is 19.6. The molecule has 8 heteroatoms. The van der Waals surface area contributed by atoms with Crippen LogP contribution in [0.5, 0.6) is 0 Å². The molecule has 0 unspecified atom stereocenters. The number of carbonyl (C=O) groups excluding carboxylic acids is 1. The van der Waals surface area contributed by atoms with Crippen molar-refractivity contribution in [3.63, 3.8) is 0 Å². The van der Waals surface area contributed by atoms with E-state index >= 15 is 0 Å². The van der Waals surface area contributed by atoms with E-state index in [4.69, 9.17) is 17.0 Å². The summed E-state index contributed by atoms with van der Waals surface area (Å²) < 4.78 is 8.18. The molecule has 0 aliphatic carbocycles. The lowest BCUT2D eigenvalue weighted by molar-refractivity contribution is -0.116. The highest BCUT2D eigenvalue weighted by Gasteiger charge is 2.41. The average Bonchev–Trinajstić information content (AvgIpc) is 3.61. The second kappa shape index (κ2) is 10.6. The predicted octanol–water partition coefficient (Wildman–Crippen LogP) is 4.37. The number of aryl methyl sites for hydroxylation is 1. The zero-order chi connectivity index (χ0) is 24.2. The maximum Gasteiger partial charge on any atom is 0.226 e. The Hall–Kier alpha value is -3.23.